The van der Waals surface area contributed by atoms with Crippen molar-refractivity contribution in [3.63, 3.8) is 0 Å². The van der Waals surface area contributed by atoms with Crippen LogP contribution in [0.5, 0.6) is 0 Å². The van der Waals surface area contributed by atoms with Gasteiger partial charge in [0.25, 0.3) is 0 Å². The van der Waals surface area contributed by atoms with E-state index in [0.717, 1.165) is 35.6 Å². The van der Waals surface area contributed by atoms with Gasteiger partial charge in [0.1, 0.15) is 5.69 Å². The fourth-order valence-electron chi connectivity index (χ4n) is 4.49. The van der Waals surface area contributed by atoms with E-state index in [0.29, 0.717) is 5.92 Å². The number of nitrogens with one attached hydrogen (secondary N) is 1. The third kappa shape index (κ3) is 6.66. The molecule has 0 saturated heterocycles. The van der Waals surface area contributed by atoms with Crippen LogP contribution in [-0.4, -0.2) is 10.7 Å². The highest BCUT2D eigenvalue weighted by atomic mass is 15.0. The molecule has 0 aliphatic rings. The summed E-state index contributed by atoms with van der Waals surface area (Å²) in [6.07, 6.45) is 9.63. The molecule has 33 heavy (non-hydrogen) atoms. The summed E-state index contributed by atoms with van der Waals surface area (Å²) in [5.41, 5.74) is 6.86. The van der Waals surface area contributed by atoms with E-state index in [4.69, 9.17) is 9.98 Å². The van der Waals surface area contributed by atoms with Gasteiger partial charge in [0.05, 0.1) is 5.52 Å². The minimum atomic E-state index is 0.558. The molecule has 3 aromatic rings. The van der Waals surface area contributed by atoms with Crippen molar-refractivity contribution < 1.29 is 0 Å². The number of anilines is 2. The Morgan fingerprint density at radius 1 is 0.879 bits per heavy atom. The Hall–Kier alpha value is -2.68. The van der Waals surface area contributed by atoms with Gasteiger partial charge in [-0.3, -0.25) is 4.99 Å². The Balaban J connectivity index is 2.12. The van der Waals surface area contributed by atoms with E-state index in [1.165, 1.54) is 60.7 Å². The van der Waals surface area contributed by atoms with Gasteiger partial charge in [-0.25, -0.2) is 4.98 Å². The molecule has 0 aliphatic carbocycles. The second-order valence-corrected chi connectivity index (χ2v) is 9.28. The fraction of sp³-hybridized carbons (Fsp3) is 0.467. The number of aromatic nitrogens is 1. The van der Waals surface area contributed by atoms with Crippen LogP contribution in [0.25, 0.3) is 10.9 Å². The summed E-state index contributed by atoms with van der Waals surface area (Å²) in [5.74, 6) is 1.41. The molecule has 0 saturated carbocycles. The van der Waals surface area contributed by atoms with E-state index in [1.807, 2.05) is 0 Å². The highest BCUT2D eigenvalue weighted by molar-refractivity contribution is 5.96. The topological polar surface area (TPSA) is 37.3 Å². The van der Waals surface area contributed by atoms with Gasteiger partial charge >= 0.3 is 0 Å². The van der Waals surface area contributed by atoms with Crippen molar-refractivity contribution in [1.29, 1.82) is 0 Å². The number of hydrogen-bond acceptors (Lipinski definition) is 3. The van der Waals surface area contributed by atoms with Crippen molar-refractivity contribution in [3.05, 3.63) is 59.7 Å². The Morgan fingerprint density at radius 2 is 1.55 bits per heavy atom. The first kappa shape index (κ1) is 25.0. The second kappa shape index (κ2) is 12.5. The number of para-hydroxylation sites is 1. The van der Waals surface area contributed by atoms with E-state index >= 15 is 0 Å². The van der Waals surface area contributed by atoms with Crippen molar-refractivity contribution in [2.75, 3.05) is 5.32 Å². The van der Waals surface area contributed by atoms with Crippen LogP contribution in [0.15, 0.2) is 53.5 Å². The van der Waals surface area contributed by atoms with Crippen LogP contribution in [0.2, 0.25) is 0 Å². The Labute approximate surface area is 200 Å². The molecule has 0 unspecified atom stereocenters. The quantitative estimate of drug-likeness (QED) is 0.283. The maximum Gasteiger partial charge on any atom is 0.157 e. The van der Waals surface area contributed by atoms with Crippen LogP contribution in [-0.2, 0) is 0 Å². The average Bonchev–Trinajstić information content (AvgIpc) is 2.82. The SMILES string of the molecule is CCCCC(CCCC)C(CCC)=Nc1c(Nc2ccc(C)cc2)nc2ccccc2c1C. The molecule has 0 fully saturated rings. The highest BCUT2D eigenvalue weighted by Crippen LogP contribution is 2.36. The maximum absolute atomic E-state index is 5.41. The lowest BCUT2D eigenvalue weighted by molar-refractivity contribution is 0.515. The van der Waals surface area contributed by atoms with Gasteiger partial charge in [-0.2, -0.15) is 0 Å². The first-order chi connectivity index (χ1) is 16.1. The summed E-state index contributed by atoms with van der Waals surface area (Å²) in [6, 6.07) is 16.9. The number of unbranched alkanes of at least 4 members (excludes halogenated alkanes) is 2. The molecule has 3 rings (SSSR count). The molecule has 1 N–H and O–H groups in total. The smallest absolute Gasteiger partial charge is 0.157 e. The third-order valence-corrected chi connectivity index (χ3v) is 6.48. The highest BCUT2D eigenvalue weighted by Gasteiger charge is 2.18. The molecule has 2 aromatic carbocycles. The summed E-state index contributed by atoms with van der Waals surface area (Å²) in [7, 11) is 0. The number of nitrogens with zero attached hydrogens (tertiary/aromatic N) is 2. The van der Waals surface area contributed by atoms with E-state index in [2.05, 4.69) is 88.5 Å². The lowest BCUT2D eigenvalue weighted by atomic mass is 9.89. The largest absolute Gasteiger partial charge is 0.338 e. The lowest BCUT2D eigenvalue weighted by Crippen LogP contribution is -2.15. The summed E-state index contributed by atoms with van der Waals surface area (Å²) in [5, 5.41) is 4.77. The van der Waals surface area contributed by atoms with Crippen LogP contribution in [0.3, 0.4) is 0 Å². The average molecular weight is 444 g/mol. The molecular formula is C30H41N3. The number of benzene rings is 2. The monoisotopic (exact) mass is 443 g/mol. The molecule has 0 spiro atoms. The molecule has 0 aliphatic heterocycles. The zero-order valence-electron chi connectivity index (χ0n) is 21.2. The van der Waals surface area contributed by atoms with Crippen molar-refractivity contribution in [2.45, 2.75) is 86.0 Å². The third-order valence-electron chi connectivity index (χ3n) is 6.48. The molecule has 0 amide bonds. The minimum absolute atomic E-state index is 0.558. The summed E-state index contributed by atoms with van der Waals surface area (Å²) in [4.78, 5) is 10.4. The fourth-order valence-corrected chi connectivity index (χ4v) is 4.49. The Bertz CT molecular complexity index is 1040. The summed E-state index contributed by atoms with van der Waals surface area (Å²) in [6.45, 7) is 11.1. The van der Waals surface area contributed by atoms with Crippen molar-refractivity contribution >= 4 is 33.8 Å². The van der Waals surface area contributed by atoms with Crippen LogP contribution >= 0.6 is 0 Å². The van der Waals surface area contributed by atoms with Gasteiger partial charge in [0.2, 0.25) is 0 Å². The predicted molar refractivity (Wildman–Crippen MR) is 145 cm³/mol. The molecule has 1 heterocycles. The number of fused-ring (bicyclic) bond motifs is 1. The van der Waals surface area contributed by atoms with Gasteiger partial charge in [-0.1, -0.05) is 88.8 Å². The second-order valence-electron chi connectivity index (χ2n) is 9.28. The first-order valence-corrected chi connectivity index (χ1v) is 12.9. The molecule has 3 heteroatoms. The van der Waals surface area contributed by atoms with E-state index in [9.17, 15) is 0 Å². The van der Waals surface area contributed by atoms with Crippen LogP contribution < -0.4 is 5.32 Å². The van der Waals surface area contributed by atoms with Crippen LogP contribution in [0.1, 0.15) is 83.3 Å². The van der Waals surface area contributed by atoms with Gasteiger partial charge in [0.15, 0.2) is 5.82 Å². The van der Waals surface area contributed by atoms with Gasteiger partial charge in [-0.15, -0.1) is 0 Å². The lowest BCUT2D eigenvalue weighted by Gasteiger charge is -2.21. The molecule has 3 nitrogen and oxygen atoms in total. The molecule has 0 radical (unpaired) electrons. The van der Waals surface area contributed by atoms with Gasteiger partial charge in [0, 0.05) is 16.8 Å². The Morgan fingerprint density at radius 3 is 2.18 bits per heavy atom. The number of pyridine rings is 1. The number of aliphatic imine (C=N–C) groups is 1. The van der Waals surface area contributed by atoms with Gasteiger partial charge in [-0.05, 0) is 62.8 Å². The zero-order chi connectivity index (χ0) is 23.6. The van der Waals surface area contributed by atoms with E-state index < -0.39 is 0 Å². The summed E-state index contributed by atoms with van der Waals surface area (Å²) < 4.78 is 0. The zero-order valence-corrected chi connectivity index (χ0v) is 21.2. The molecule has 176 valence electrons. The van der Waals surface area contributed by atoms with Crippen LogP contribution in [0.4, 0.5) is 17.2 Å². The maximum atomic E-state index is 5.41. The first-order valence-electron chi connectivity index (χ1n) is 12.9. The normalized spacial score (nSPS) is 12.0. The summed E-state index contributed by atoms with van der Waals surface area (Å²) >= 11 is 0. The Kier molecular flexibility index (Phi) is 9.47. The minimum Gasteiger partial charge on any atom is -0.338 e. The van der Waals surface area contributed by atoms with E-state index in [1.54, 1.807) is 0 Å². The molecule has 0 bridgehead atoms. The molecule has 1 aromatic heterocycles. The van der Waals surface area contributed by atoms with Crippen molar-refractivity contribution in [1.82, 2.24) is 4.98 Å². The van der Waals surface area contributed by atoms with Gasteiger partial charge < -0.3 is 5.32 Å². The number of hydrogen-bond donors (Lipinski definition) is 1. The van der Waals surface area contributed by atoms with Crippen molar-refractivity contribution in [2.24, 2.45) is 10.9 Å². The number of rotatable bonds is 12. The standard InChI is InChI=1S/C30H41N3/c1-6-9-14-24(15-10-7-2)27(13-8-3)32-29-23(5)26-16-11-12-17-28(26)33-30(29)31-25-20-18-22(4)19-21-25/h11-12,16-21,24H,6-10,13-15H2,1-5H3,(H,31,33). The molecular weight excluding hydrogens is 402 g/mol. The molecule has 0 atom stereocenters. The van der Waals surface area contributed by atoms with E-state index in [-0.39, 0.29) is 0 Å². The van der Waals surface area contributed by atoms with Crippen molar-refractivity contribution in [3.8, 4) is 0 Å². The predicted octanol–water partition coefficient (Wildman–Crippen LogP) is 9.46. The number of aryl methyl sites for hydroxylation is 2. The van der Waals surface area contributed by atoms with Crippen LogP contribution in [0, 0.1) is 19.8 Å².